The molecular weight excluding hydrogens is 368 g/mol. The number of hydroxylamine groups is 2. The zero-order chi connectivity index (χ0) is 16.3. The molecule has 0 bridgehead atoms. The number of hydrogen-bond donors (Lipinski definition) is 0. The largest absolute Gasteiger partial charge is 0.487 e. The summed E-state index contributed by atoms with van der Waals surface area (Å²) in [6, 6.07) is 4.06. The van der Waals surface area contributed by atoms with E-state index in [-0.39, 0.29) is 24.2 Å². The van der Waals surface area contributed by atoms with Crippen LogP contribution in [0.3, 0.4) is 0 Å². The van der Waals surface area contributed by atoms with Gasteiger partial charge in [0.05, 0.1) is 0 Å². The number of carbonyl (C=O) groups excluding carboxylic acids is 3. The van der Waals surface area contributed by atoms with Crippen molar-refractivity contribution in [3.05, 3.63) is 28.2 Å². The second kappa shape index (κ2) is 6.82. The Morgan fingerprint density at radius 3 is 2.50 bits per heavy atom. The lowest BCUT2D eigenvalue weighted by Crippen LogP contribution is -2.32. The fourth-order valence-corrected chi connectivity index (χ4v) is 2.07. The summed E-state index contributed by atoms with van der Waals surface area (Å²) >= 11 is 3.12. The molecule has 1 aliphatic rings. The first kappa shape index (κ1) is 16.3. The maximum atomic E-state index is 12.2. The summed E-state index contributed by atoms with van der Waals surface area (Å²) in [7, 11) is 0. The second-order valence-corrected chi connectivity index (χ2v) is 5.22. The van der Waals surface area contributed by atoms with Crippen molar-refractivity contribution in [2.75, 3.05) is 6.61 Å². The number of halogens is 3. The van der Waals surface area contributed by atoms with Crippen LogP contribution in [0, 0.1) is 0 Å². The lowest BCUT2D eigenvalue weighted by Gasteiger charge is -2.15. The Balaban J connectivity index is 2.18. The molecule has 6 nitrogen and oxygen atoms in total. The van der Waals surface area contributed by atoms with Crippen LogP contribution < -0.4 is 4.74 Å². The Kier molecular flexibility index (Phi) is 5.07. The van der Waals surface area contributed by atoms with E-state index in [1.807, 2.05) is 0 Å². The van der Waals surface area contributed by atoms with Gasteiger partial charge in [0.1, 0.15) is 17.9 Å². The Morgan fingerprint density at radius 1 is 1.27 bits per heavy atom. The summed E-state index contributed by atoms with van der Waals surface area (Å²) < 4.78 is 29.8. The van der Waals surface area contributed by atoms with Gasteiger partial charge in [0.25, 0.3) is 18.2 Å². The van der Waals surface area contributed by atoms with Gasteiger partial charge in [-0.3, -0.25) is 9.59 Å². The molecular formula is C13H10BrF2NO5. The van der Waals surface area contributed by atoms with Crippen LogP contribution in [0.1, 0.15) is 23.2 Å². The molecule has 0 aliphatic carbocycles. The van der Waals surface area contributed by atoms with Crippen LogP contribution in [0.15, 0.2) is 22.7 Å². The van der Waals surface area contributed by atoms with Gasteiger partial charge < -0.3 is 9.57 Å². The molecule has 0 saturated carbocycles. The summed E-state index contributed by atoms with van der Waals surface area (Å²) in [6.07, 6.45) is -2.80. The van der Waals surface area contributed by atoms with Crippen LogP contribution in [-0.2, 0) is 14.4 Å². The monoisotopic (exact) mass is 377 g/mol. The minimum Gasteiger partial charge on any atom is -0.487 e. The average Bonchev–Trinajstić information content (AvgIpc) is 2.77. The van der Waals surface area contributed by atoms with E-state index in [4.69, 9.17) is 9.57 Å². The van der Waals surface area contributed by atoms with Gasteiger partial charge in [-0.1, -0.05) is 15.9 Å². The van der Waals surface area contributed by atoms with Crippen LogP contribution in [-0.4, -0.2) is 35.9 Å². The van der Waals surface area contributed by atoms with Crippen LogP contribution in [0.4, 0.5) is 8.78 Å². The van der Waals surface area contributed by atoms with Gasteiger partial charge in [-0.05, 0) is 18.2 Å². The van der Waals surface area contributed by atoms with Gasteiger partial charge in [0.2, 0.25) is 0 Å². The van der Waals surface area contributed by atoms with Crippen molar-refractivity contribution in [3.8, 4) is 5.75 Å². The second-order valence-electron chi connectivity index (χ2n) is 4.30. The van der Waals surface area contributed by atoms with Crippen molar-refractivity contribution in [1.29, 1.82) is 0 Å². The standard InChI is InChI=1S/C13H10BrF2NO5/c14-7-1-2-8(9(5-7)21-6-10(15)16)13(20)22-17-11(18)3-4-12(17)19/h1-2,5,10H,3-4,6H2. The molecule has 2 amide bonds. The zero-order valence-electron chi connectivity index (χ0n) is 11.1. The maximum Gasteiger partial charge on any atom is 0.367 e. The molecule has 1 fully saturated rings. The Hall–Kier alpha value is -2.03. The summed E-state index contributed by atoms with van der Waals surface area (Å²) in [6.45, 7) is -0.904. The van der Waals surface area contributed by atoms with Gasteiger partial charge in [0, 0.05) is 17.3 Å². The van der Waals surface area contributed by atoms with E-state index >= 15 is 0 Å². The quantitative estimate of drug-likeness (QED) is 0.736. The molecule has 1 aliphatic heterocycles. The molecule has 0 aromatic heterocycles. The lowest BCUT2D eigenvalue weighted by molar-refractivity contribution is -0.172. The number of imide groups is 1. The number of carbonyl (C=O) groups is 3. The van der Waals surface area contributed by atoms with Crippen molar-refractivity contribution >= 4 is 33.7 Å². The van der Waals surface area contributed by atoms with Crippen molar-refractivity contribution in [1.82, 2.24) is 5.06 Å². The summed E-state index contributed by atoms with van der Waals surface area (Å²) in [5, 5.41) is 0.376. The first-order valence-corrected chi connectivity index (χ1v) is 6.96. The van der Waals surface area contributed by atoms with E-state index < -0.39 is 30.8 Å². The molecule has 0 N–H and O–H groups in total. The maximum absolute atomic E-state index is 12.2. The molecule has 0 spiro atoms. The molecule has 9 heteroatoms. The van der Waals surface area contributed by atoms with Gasteiger partial charge in [0.15, 0.2) is 0 Å². The predicted molar refractivity (Wildman–Crippen MR) is 72.1 cm³/mol. The van der Waals surface area contributed by atoms with E-state index in [1.165, 1.54) is 18.2 Å². The molecule has 1 aromatic carbocycles. The molecule has 0 unspecified atom stereocenters. The van der Waals surface area contributed by atoms with E-state index in [9.17, 15) is 23.2 Å². The molecule has 22 heavy (non-hydrogen) atoms. The fourth-order valence-electron chi connectivity index (χ4n) is 1.73. The fraction of sp³-hybridized carbons (Fsp3) is 0.308. The molecule has 1 heterocycles. The van der Waals surface area contributed by atoms with Crippen molar-refractivity contribution < 1.29 is 32.7 Å². The number of benzene rings is 1. The number of nitrogens with zero attached hydrogens (tertiary/aromatic N) is 1. The van der Waals surface area contributed by atoms with Crippen LogP contribution >= 0.6 is 15.9 Å². The third-order valence-electron chi connectivity index (χ3n) is 2.71. The summed E-state index contributed by atoms with van der Waals surface area (Å²) in [5.41, 5.74) is -0.170. The van der Waals surface area contributed by atoms with E-state index in [0.29, 0.717) is 9.54 Å². The summed E-state index contributed by atoms with van der Waals surface area (Å²) in [5.74, 6) is -2.45. The highest BCUT2D eigenvalue weighted by molar-refractivity contribution is 9.10. The Labute approximate surface area is 132 Å². The highest BCUT2D eigenvalue weighted by Crippen LogP contribution is 2.26. The molecule has 118 valence electrons. The molecule has 0 radical (unpaired) electrons. The van der Waals surface area contributed by atoms with Crippen LogP contribution in [0.25, 0.3) is 0 Å². The zero-order valence-corrected chi connectivity index (χ0v) is 12.6. The Bertz CT molecular complexity index is 606. The minimum atomic E-state index is -2.72. The smallest absolute Gasteiger partial charge is 0.367 e. The van der Waals surface area contributed by atoms with Gasteiger partial charge >= 0.3 is 5.97 Å². The lowest BCUT2D eigenvalue weighted by atomic mass is 10.2. The first-order chi connectivity index (χ1) is 10.4. The topological polar surface area (TPSA) is 72.9 Å². The van der Waals surface area contributed by atoms with E-state index in [1.54, 1.807) is 0 Å². The molecule has 2 rings (SSSR count). The minimum absolute atomic E-state index is 0.0405. The van der Waals surface area contributed by atoms with E-state index in [2.05, 4.69) is 15.9 Å². The average molecular weight is 378 g/mol. The van der Waals surface area contributed by atoms with Gasteiger partial charge in [-0.25, -0.2) is 13.6 Å². The van der Waals surface area contributed by atoms with Gasteiger partial charge in [-0.2, -0.15) is 0 Å². The van der Waals surface area contributed by atoms with E-state index in [0.717, 1.165) is 0 Å². The van der Waals surface area contributed by atoms with Crippen molar-refractivity contribution in [2.45, 2.75) is 19.3 Å². The first-order valence-electron chi connectivity index (χ1n) is 6.17. The molecule has 1 saturated heterocycles. The number of ether oxygens (including phenoxy) is 1. The third kappa shape index (κ3) is 3.79. The number of rotatable bonds is 5. The SMILES string of the molecule is O=C(ON1C(=O)CCC1=O)c1ccc(Br)cc1OCC(F)F. The highest BCUT2D eigenvalue weighted by atomic mass is 79.9. The van der Waals surface area contributed by atoms with Crippen molar-refractivity contribution in [3.63, 3.8) is 0 Å². The predicted octanol–water partition coefficient (Wildman–Crippen LogP) is 2.31. The Morgan fingerprint density at radius 2 is 1.91 bits per heavy atom. The van der Waals surface area contributed by atoms with Crippen LogP contribution in [0.5, 0.6) is 5.75 Å². The number of alkyl halides is 2. The molecule has 0 atom stereocenters. The molecule has 1 aromatic rings. The van der Waals surface area contributed by atoms with Crippen LogP contribution in [0.2, 0.25) is 0 Å². The number of hydrogen-bond acceptors (Lipinski definition) is 5. The van der Waals surface area contributed by atoms with Crippen molar-refractivity contribution in [2.24, 2.45) is 0 Å². The highest BCUT2D eigenvalue weighted by Gasteiger charge is 2.33. The third-order valence-corrected chi connectivity index (χ3v) is 3.20. The normalized spacial score (nSPS) is 14.6. The summed E-state index contributed by atoms with van der Waals surface area (Å²) in [4.78, 5) is 39.5. The number of amides is 2. The van der Waals surface area contributed by atoms with Gasteiger partial charge in [-0.15, -0.1) is 5.06 Å².